The minimum atomic E-state index is -4.21. The maximum Gasteiger partial charge on any atom is 0.512 e. The molecular formula is C6H4F6O3. The van der Waals surface area contributed by atoms with Gasteiger partial charge in [-0.2, -0.15) is 4.39 Å². The normalized spacial score (nSPS) is 29.5. The summed E-state index contributed by atoms with van der Waals surface area (Å²) in [6, 6.07) is 0. The quantitative estimate of drug-likeness (QED) is 0.557. The molecule has 0 saturated carbocycles. The maximum atomic E-state index is 13.2. The van der Waals surface area contributed by atoms with E-state index in [1.54, 1.807) is 0 Å². The molecule has 1 aliphatic rings. The Hall–Kier alpha value is -1.15. The molecule has 0 aromatic rings. The first kappa shape index (κ1) is 11.9. The largest absolute Gasteiger partial charge is 0.512 e. The van der Waals surface area contributed by atoms with Crippen LogP contribution in [0.25, 0.3) is 0 Å². The molecule has 0 N–H and O–H groups in total. The molecule has 0 aromatic carbocycles. The molecule has 88 valence electrons. The molecule has 15 heavy (non-hydrogen) atoms. The molecule has 3 nitrogen and oxygen atoms in total. The van der Waals surface area contributed by atoms with Gasteiger partial charge in [0.25, 0.3) is 12.9 Å². The van der Waals surface area contributed by atoms with Gasteiger partial charge in [-0.05, 0) is 0 Å². The zero-order valence-corrected chi connectivity index (χ0v) is 6.85. The second kappa shape index (κ2) is 3.46. The monoisotopic (exact) mass is 238 g/mol. The van der Waals surface area contributed by atoms with Gasteiger partial charge in [-0.1, -0.05) is 0 Å². The molecule has 9 heteroatoms. The molecule has 0 radical (unpaired) electrons. The van der Waals surface area contributed by atoms with Crippen molar-refractivity contribution < 1.29 is 40.6 Å². The van der Waals surface area contributed by atoms with Gasteiger partial charge in [0, 0.05) is 0 Å². The fraction of sp³-hybridized carbons (Fsp3) is 0.833. The van der Waals surface area contributed by atoms with Gasteiger partial charge in [0.2, 0.25) is 0 Å². The molecule has 0 amide bonds. The maximum absolute atomic E-state index is 13.2. The Bertz CT molecular complexity index is 262. The predicted octanol–water partition coefficient (Wildman–Crippen LogP) is 2.06. The highest BCUT2D eigenvalue weighted by atomic mass is 19.3. The van der Waals surface area contributed by atoms with Crippen LogP contribution in [0.4, 0.5) is 31.1 Å². The van der Waals surface area contributed by atoms with E-state index in [2.05, 4.69) is 9.47 Å². The van der Waals surface area contributed by atoms with Crippen molar-refractivity contribution in [1.29, 1.82) is 0 Å². The molecule has 1 heterocycles. The minimum absolute atomic E-state index is 2.10. The van der Waals surface area contributed by atoms with Crippen molar-refractivity contribution in [2.75, 3.05) is 6.67 Å². The van der Waals surface area contributed by atoms with E-state index in [1.807, 2.05) is 0 Å². The summed E-state index contributed by atoms with van der Waals surface area (Å²) in [7, 11) is 0. The fourth-order valence-corrected chi connectivity index (χ4v) is 1.09. The molecule has 1 unspecified atom stereocenters. The molecule has 1 fully saturated rings. The predicted molar refractivity (Wildman–Crippen MR) is 32.1 cm³/mol. The van der Waals surface area contributed by atoms with Crippen LogP contribution in [0.2, 0.25) is 0 Å². The highest BCUT2D eigenvalue weighted by Crippen LogP contribution is 2.46. The number of hydrogen-bond donors (Lipinski definition) is 0. The number of rotatable bonds is 3. The Labute approximate surface area is 78.9 Å². The van der Waals surface area contributed by atoms with Crippen molar-refractivity contribution in [1.82, 2.24) is 0 Å². The van der Waals surface area contributed by atoms with Gasteiger partial charge in [0.1, 0.15) is 0 Å². The van der Waals surface area contributed by atoms with E-state index >= 15 is 0 Å². The van der Waals surface area contributed by atoms with Gasteiger partial charge in [-0.25, -0.2) is 26.7 Å². The lowest BCUT2D eigenvalue weighted by molar-refractivity contribution is -0.256. The lowest BCUT2D eigenvalue weighted by Gasteiger charge is -2.31. The third-order valence-corrected chi connectivity index (χ3v) is 1.90. The van der Waals surface area contributed by atoms with E-state index in [1.165, 1.54) is 0 Å². The SMILES string of the molecule is O=C1OC(F)(CF)C(C(F)F)(C(F)F)O1. The molecule has 0 bridgehead atoms. The number of carbonyl (C=O) groups excluding carboxylic acids is 1. The lowest BCUT2D eigenvalue weighted by Crippen LogP contribution is -2.60. The topological polar surface area (TPSA) is 35.5 Å². The Balaban J connectivity index is 3.21. The standard InChI is InChI=1S/C6H4F6O3/c7-1-5(12)6(2(8)9,3(10)11)15-4(13)14-5/h2-3H,1H2. The average molecular weight is 238 g/mol. The van der Waals surface area contributed by atoms with Crippen molar-refractivity contribution in [2.45, 2.75) is 24.3 Å². The molecule has 1 rings (SSSR count). The number of ether oxygens (including phenoxy) is 2. The van der Waals surface area contributed by atoms with Gasteiger partial charge < -0.3 is 9.47 Å². The summed E-state index contributed by atoms with van der Waals surface area (Å²) in [4.78, 5) is 10.3. The van der Waals surface area contributed by atoms with E-state index in [4.69, 9.17) is 0 Å². The van der Waals surface area contributed by atoms with Crippen molar-refractivity contribution >= 4 is 6.16 Å². The summed E-state index contributed by atoms with van der Waals surface area (Å²) in [5, 5.41) is 0. The van der Waals surface area contributed by atoms with E-state index in [-0.39, 0.29) is 0 Å². The van der Waals surface area contributed by atoms with Crippen LogP contribution in [0, 0.1) is 0 Å². The highest BCUT2D eigenvalue weighted by Gasteiger charge is 2.75. The first-order chi connectivity index (χ1) is 6.80. The lowest BCUT2D eigenvalue weighted by atomic mass is 9.96. The Morgan fingerprint density at radius 1 is 1.13 bits per heavy atom. The molecule has 0 aromatic heterocycles. The molecule has 0 spiro atoms. The van der Waals surface area contributed by atoms with Crippen molar-refractivity contribution in [3.8, 4) is 0 Å². The minimum Gasteiger partial charge on any atom is -0.408 e. The zero-order valence-electron chi connectivity index (χ0n) is 6.85. The summed E-state index contributed by atoms with van der Waals surface area (Å²) >= 11 is 0. The number of cyclic esters (lactones) is 2. The van der Waals surface area contributed by atoms with E-state index in [0.29, 0.717) is 0 Å². The van der Waals surface area contributed by atoms with Gasteiger partial charge in [-0.15, -0.1) is 0 Å². The second-order valence-electron chi connectivity index (χ2n) is 2.71. The molecular weight excluding hydrogens is 234 g/mol. The van der Waals surface area contributed by atoms with Crippen molar-refractivity contribution in [3.63, 3.8) is 0 Å². The summed E-state index contributed by atoms with van der Waals surface area (Å²) in [5.74, 6) is -4.17. The number of alkyl halides is 6. The Morgan fingerprint density at radius 3 is 1.87 bits per heavy atom. The molecule has 1 atom stereocenters. The summed E-state index contributed by atoms with van der Waals surface area (Å²) < 4.78 is 81.1. The molecule has 1 aliphatic heterocycles. The van der Waals surface area contributed by atoms with Crippen LogP contribution < -0.4 is 0 Å². The number of carbonyl (C=O) groups is 1. The van der Waals surface area contributed by atoms with Crippen LogP contribution in [0.15, 0.2) is 0 Å². The molecule has 0 aliphatic carbocycles. The van der Waals surface area contributed by atoms with Crippen LogP contribution >= 0.6 is 0 Å². The summed E-state index contributed by atoms with van der Waals surface area (Å²) in [5.41, 5.74) is -4.21. The van der Waals surface area contributed by atoms with Gasteiger partial charge in [0.15, 0.2) is 6.67 Å². The van der Waals surface area contributed by atoms with E-state index in [9.17, 15) is 31.1 Å². The average Bonchev–Trinajstić information content (AvgIpc) is 2.39. The van der Waals surface area contributed by atoms with Crippen LogP contribution in [-0.2, 0) is 9.47 Å². The van der Waals surface area contributed by atoms with Crippen LogP contribution in [0.1, 0.15) is 0 Å². The van der Waals surface area contributed by atoms with Crippen LogP contribution in [0.3, 0.4) is 0 Å². The Morgan fingerprint density at radius 2 is 1.60 bits per heavy atom. The third-order valence-electron chi connectivity index (χ3n) is 1.90. The van der Waals surface area contributed by atoms with Gasteiger partial charge in [-0.3, -0.25) is 0 Å². The smallest absolute Gasteiger partial charge is 0.408 e. The third kappa shape index (κ3) is 1.40. The fourth-order valence-electron chi connectivity index (χ4n) is 1.09. The van der Waals surface area contributed by atoms with Crippen molar-refractivity contribution in [2.24, 2.45) is 0 Å². The van der Waals surface area contributed by atoms with E-state index < -0.39 is 37.1 Å². The second-order valence-corrected chi connectivity index (χ2v) is 2.71. The van der Waals surface area contributed by atoms with Crippen LogP contribution in [-0.4, -0.2) is 37.1 Å². The van der Waals surface area contributed by atoms with Crippen LogP contribution in [0.5, 0.6) is 0 Å². The number of hydrogen-bond acceptors (Lipinski definition) is 3. The van der Waals surface area contributed by atoms with Gasteiger partial charge >= 0.3 is 17.6 Å². The summed E-state index contributed by atoms with van der Waals surface area (Å²) in [6.07, 6.45) is -10.3. The van der Waals surface area contributed by atoms with Crippen molar-refractivity contribution in [3.05, 3.63) is 0 Å². The Kier molecular flexibility index (Phi) is 2.75. The van der Waals surface area contributed by atoms with E-state index in [0.717, 1.165) is 0 Å². The highest BCUT2D eigenvalue weighted by molar-refractivity contribution is 5.64. The first-order valence-electron chi connectivity index (χ1n) is 3.53. The first-order valence-corrected chi connectivity index (χ1v) is 3.53. The summed E-state index contributed by atoms with van der Waals surface area (Å²) in [6.45, 7) is -2.35. The van der Waals surface area contributed by atoms with Gasteiger partial charge in [0.05, 0.1) is 0 Å². The number of halogens is 6. The zero-order chi connectivity index (χ0) is 11.9. The molecule has 1 saturated heterocycles.